The third-order valence-corrected chi connectivity index (χ3v) is 1.47. The lowest BCUT2D eigenvalue weighted by molar-refractivity contribution is -0.105. The van der Waals surface area contributed by atoms with E-state index in [-0.39, 0.29) is 6.61 Å². The van der Waals surface area contributed by atoms with Crippen molar-refractivity contribution in [2.75, 3.05) is 6.61 Å². The minimum Gasteiger partial charge on any atom is -0.394 e. The first kappa shape index (κ1) is 8.10. The van der Waals surface area contributed by atoms with Crippen LogP contribution < -0.4 is 0 Å². The first-order chi connectivity index (χ1) is 5.27. The zero-order valence-corrected chi connectivity index (χ0v) is 5.90. The van der Waals surface area contributed by atoms with Crippen molar-refractivity contribution in [1.82, 2.24) is 0 Å². The number of hydrogen-bond donors (Lipinski definition) is 2. The summed E-state index contributed by atoms with van der Waals surface area (Å²) in [7, 11) is 0. The Morgan fingerprint density at radius 2 is 2.45 bits per heavy atom. The van der Waals surface area contributed by atoms with Gasteiger partial charge >= 0.3 is 0 Å². The Bertz CT molecular complexity index is 216. The molecule has 2 N–H and O–H groups in total. The SMILES string of the molecule is O=CC1=C(CC(O)CO)C=N1. The molecule has 4 nitrogen and oxygen atoms in total. The van der Waals surface area contributed by atoms with E-state index in [1.807, 2.05) is 0 Å². The summed E-state index contributed by atoms with van der Waals surface area (Å²) < 4.78 is 0. The van der Waals surface area contributed by atoms with Gasteiger partial charge in [-0.2, -0.15) is 0 Å². The number of aliphatic imine (C=N–C) groups is 1. The fourth-order valence-electron chi connectivity index (χ4n) is 0.812. The monoisotopic (exact) mass is 155 g/mol. The van der Waals surface area contributed by atoms with E-state index in [0.717, 1.165) is 0 Å². The van der Waals surface area contributed by atoms with Gasteiger partial charge in [0.05, 0.1) is 12.7 Å². The van der Waals surface area contributed by atoms with Crippen LogP contribution in [0.2, 0.25) is 0 Å². The second-order valence-corrected chi connectivity index (χ2v) is 2.33. The highest BCUT2D eigenvalue weighted by Gasteiger charge is 2.14. The molecule has 0 bridgehead atoms. The zero-order valence-electron chi connectivity index (χ0n) is 5.90. The van der Waals surface area contributed by atoms with Crippen molar-refractivity contribution in [1.29, 1.82) is 0 Å². The van der Waals surface area contributed by atoms with Gasteiger partial charge in [0, 0.05) is 18.2 Å². The fourth-order valence-corrected chi connectivity index (χ4v) is 0.812. The molecule has 1 aliphatic rings. The molecule has 1 aliphatic heterocycles. The van der Waals surface area contributed by atoms with Gasteiger partial charge < -0.3 is 10.2 Å². The molecule has 0 spiro atoms. The molecule has 0 amide bonds. The third-order valence-electron chi connectivity index (χ3n) is 1.47. The molecule has 0 saturated carbocycles. The van der Waals surface area contributed by atoms with Crippen LogP contribution in [0.4, 0.5) is 0 Å². The van der Waals surface area contributed by atoms with Gasteiger partial charge in [-0.3, -0.25) is 9.79 Å². The molecule has 0 aromatic rings. The Labute approximate surface area is 63.9 Å². The number of aliphatic hydroxyl groups is 2. The average Bonchev–Trinajstić information content (AvgIpc) is 1.98. The molecule has 1 unspecified atom stereocenters. The van der Waals surface area contributed by atoms with Crippen LogP contribution in [-0.2, 0) is 4.79 Å². The molecule has 11 heavy (non-hydrogen) atoms. The standard InChI is InChI=1S/C7H9NO3/c9-3-6(11)1-5-2-8-7(5)4-10/h2,4,6,9,11H,1,3H2. The predicted octanol–water partition coefficient (Wildman–Crippen LogP) is -0.733. The summed E-state index contributed by atoms with van der Waals surface area (Å²) in [6, 6.07) is 0. The van der Waals surface area contributed by atoms with Crippen molar-refractivity contribution in [3.05, 3.63) is 11.3 Å². The first-order valence-electron chi connectivity index (χ1n) is 3.29. The van der Waals surface area contributed by atoms with E-state index in [9.17, 15) is 4.79 Å². The number of rotatable bonds is 4. The molecular weight excluding hydrogens is 146 g/mol. The van der Waals surface area contributed by atoms with Crippen molar-refractivity contribution in [3.8, 4) is 0 Å². The smallest absolute Gasteiger partial charge is 0.168 e. The molecule has 60 valence electrons. The highest BCUT2D eigenvalue weighted by atomic mass is 16.3. The van der Waals surface area contributed by atoms with Crippen LogP contribution in [0.5, 0.6) is 0 Å². The molecule has 0 radical (unpaired) electrons. The minimum absolute atomic E-state index is 0.288. The lowest BCUT2D eigenvalue weighted by atomic mass is 10.0. The largest absolute Gasteiger partial charge is 0.394 e. The predicted molar refractivity (Wildman–Crippen MR) is 39.3 cm³/mol. The maximum Gasteiger partial charge on any atom is 0.168 e. The number of carbonyl (C=O) groups is 1. The molecule has 1 atom stereocenters. The second-order valence-electron chi connectivity index (χ2n) is 2.33. The van der Waals surface area contributed by atoms with Gasteiger partial charge in [0.25, 0.3) is 0 Å². The molecule has 0 saturated heterocycles. The summed E-state index contributed by atoms with van der Waals surface area (Å²) >= 11 is 0. The van der Waals surface area contributed by atoms with E-state index in [4.69, 9.17) is 10.2 Å². The van der Waals surface area contributed by atoms with E-state index < -0.39 is 6.10 Å². The summed E-state index contributed by atoms with van der Waals surface area (Å²) in [4.78, 5) is 13.8. The Kier molecular flexibility index (Phi) is 2.51. The number of hydrogen-bond acceptors (Lipinski definition) is 4. The van der Waals surface area contributed by atoms with Crippen LogP contribution in [0.15, 0.2) is 16.3 Å². The summed E-state index contributed by atoms with van der Waals surface area (Å²) in [6.07, 6.45) is 1.67. The van der Waals surface area contributed by atoms with Crippen molar-refractivity contribution in [2.24, 2.45) is 4.99 Å². The van der Waals surface area contributed by atoms with Gasteiger partial charge in [0.2, 0.25) is 0 Å². The quantitative estimate of drug-likeness (QED) is 0.526. The van der Waals surface area contributed by atoms with Crippen molar-refractivity contribution < 1.29 is 15.0 Å². The van der Waals surface area contributed by atoms with E-state index in [1.54, 1.807) is 0 Å². The van der Waals surface area contributed by atoms with Crippen molar-refractivity contribution in [2.45, 2.75) is 12.5 Å². The number of carbonyl (C=O) groups excluding carboxylic acids is 1. The topological polar surface area (TPSA) is 69.9 Å². The maximum absolute atomic E-state index is 10.2. The van der Waals surface area contributed by atoms with E-state index >= 15 is 0 Å². The summed E-state index contributed by atoms with van der Waals surface area (Å²) in [5.74, 6) is 0. The van der Waals surface area contributed by atoms with Crippen molar-refractivity contribution in [3.63, 3.8) is 0 Å². The Balaban J connectivity index is 2.44. The van der Waals surface area contributed by atoms with E-state index in [0.29, 0.717) is 24.0 Å². The van der Waals surface area contributed by atoms with Crippen LogP contribution in [-0.4, -0.2) is 35.4 Å². The number of aliphatic hydroxyl groups excluding tert-OH is 2. The van der Waals surface area contributed by atoms with Gasteiger partial charge in [-0.05, 0) is 0 Å². The molecule has 0 aromatic carbocycles. The van der Waals surface area contributed by atoms with Crippen molar-refractivity contribution >= 4 is 12.5 Å². The van der Waals surface area contributed by atoms with E-state index in [2.05, 4.69) is 4.99 Å². The van der Waals surface area contributed by atoms with Crippen LogP contribution in [0.1, 0.15) is 6.42 Å². The Morgan fingerprint density at radius 3 is 2.82 bits per heavy atom. The first-order valence-corrected chi connectivity index (χ1v) is 3.29. The van der Waals surface area contributed by atoms with Gasteiger partial charge in [-0.25, -0.2) is 0 Å². The molecule has 0 aromatic heterocycles. The lowest BCUT2D eigenvalue weighted by Gasteiger charge is -2.13. The summed E-state index contributed by atoms with van der Waals surface area (Å²) in [6.45, 7) is -0.288. The number of nitrogens with zero attached hydrogens (tertiary/aromatic N) is 1. The van der Waals surface area contributed by atoms with Crippen LogP contribution in [0.25, 0.3) is 0 Å². The molecular formula is C7H9NO3. The number of allylic oxidation sites excluding steroid dienone is 1. The van der Waals surface area contributed by atoms with Crippen LogP contribution in [0.3, 0.4) is 0 Å². The lowest BCUT2D eigenvalue weighted by Crippen LogP contribution is -2.16. The van der Waals surface area contributed by atoms with Gasteiger partial charge in [-0.15, -0.1) is 0 Å². The Hall–Kier alpha value is -1.00. The highest BCUT2D eigenvalue weighted by molar-refractivity contribution is 5.97. The van der Waals surface area contributed by atoms with Gasteiger partial charge in [0.15, 0.2) is 6.29 Å². The second kappa shape index (κ2) is 3.41. The molecule has 0 aliphatic carbocycles. The molecule has 4 heteroatoms. The van der Waals surface area contributed by atoms with Crippen LogP contribution >= 0.6 is 0 Å². The highest BCUT2D eigenvalue weighted by Crippen LogP contribution is 2.16. The minimum atomic E-state index is -0.785. The van der Waals surface area contributed by atoms with Gasteiger partial charge in [0.1, 0.15) is 5.70 Å². The van der Waals surface area contributed by atoms with Gasteiger partial charge in [-0.1, -0.05) is 0 Å². The fraction of sp³-hybridized carbons (Fsp3) is 0.429. The Morgan fingerprint density at radius 1 is 1.73 bits per heavy atom. The third kappa shape index (κ3) is 1.72. The molecule has 1 heterocycles. The molecule has 1 rings (SSSR count). The number of aldehydes is 1. The van der Waals surface area contributed by atoms with E-state index in [1.165, 1.54) is 6.21 Å². The molecule has 0 fully saturated rings. The maximum atomic E-state index is 10.2. The summed E-state index contributed by atoms with van der Waals surface area (Å²) in [5.41, 5.74) is 1.08. The normalized spacial score (nSPS) is 18.0. The van der Waals surface area contributed by atoms with Crippen LogP contribution in [0, 0.1) is 0 Å². The zero-order chi connectivity index (χ0) is 8.27. The average molecular weight is 155 g/mol. The summed E-state index contributed by atoms with van der Waals surface area (Å²) in [5, 5.41) is 17.4.